The molecule has 0 aliphatic rings. The number of nitrogens with one attached hydrogen (secondary N) is 2. The van der Waals surface area contributed by atoms with Gasteiger partial charge in [-0.3, -0.25) is 9.52 Å². The molecule has 0 aromatic heterocycles. The van der Waals surface area contributed by atoms with Crippen LogP contribution in [-0.2, 0) is 10.0 Å². The topological polar surface area (TPSA) is 75.3 Å². The van der Waals surface area contributed by atoms with Crippen molar-refractivity contribution in [2.75, 3.05) is 10.0 Å². The van der Waals surface area contributed by atoms with Crippen LogP contribution in [0, 0.1) is 19.7 Å². The van der Waals surface area contributed by atoms with Crippen LogP contribution in [0.15, 0.2) is 71.6 Å². The van der Waals surface area contributed by atoms with E-state index < -0.39 is 21.7 Å². The van der Waals surface area contributed by atoms with Gasteiger partial charge in [-0.1, -0.05) is 18.2 Å². The fraction of sp³-hybridized carbons (Fsp3) is 0.0952. The van der Waals surface area contributed by atoms with Crippen LogP contribution in [0.2, 0.25) is 0 Å². The number of benzene rings is 3. The third-order valence-electron chi connectivity index (χ3n) is 3.96. The number of hydrogen-bond acceptors (Lipinski definition) is 3. The summed E-state index contributed by atoms with van der Waals surface area (Å²) in [6.07, 6.45) is 0. The molecule has 0 atom stereocenters. The number of carbonyl (C=O) groups excluding carboxylic acids is 1. The lowest BCUT2D eigenvalue weighted by atomic mass is 10.1. The minimum Gasteiger partial charge on any atom is -0.322 e. The molecule has 0 saturated heterocycles. The van der Waals surface area contributed by atoms with E-state index in [-0.39, 0.29) is 16.1 Å². The Morgan fingerprint density at radius 2 is 1.54 bits per heavy atom. The summed E-state index contributed by atoms with van der Waals surface area (Å²) in [5.74, 6) is -1.01. The van der Waals surface area contributed by atoms with Gasteiger partial charge in [0.25, 0.3) is 15.9 Å². The van der Waals surface area contributed by atoms with Gasteiger partial charge in [-0.2, -0.15) is 0 Å². The van der Waals surface area contributed by atoms with Gasteiger partial charge in [-0.15, -0.1) is 0 Å². The molecule has 0 bridgehead atoms. The highest BCUT2D eigenvalue weighted by Crippen LogP contribution is 2.20. The predicted octanol–water partition coefficient (Wildman–Crippen LogP) is 4.50. The van der Waals surface area contributed by atoms with Crippen LogP contribution in [0.1, 0.15) is 21.5 Å². The van der Waals surface area contributed by atoms with Crippen LogP contribution in [-0.4, -0.2) is 14.3 Å². The minimum absolute atomic E-state index is 0.0430. The molecule has 0 fully saturated rings. The van der Waals surface area contributed by atoms with Gasteiger partial charge in [0.2, 0.25) is 0 Å². The van der Waals surface area contributed by atoms with Crippen LogP contribution in [0.5, 0.6) is 0 Å². The molecule has 3 rings (SSSR count). The Kier molecular flexibility index (Phi) is 5.46. The highest BCUT2D eigenvalue weighted by Gasteiger charge is 2.17. The monoisotopic (exact) mass is 398 g/mol. The molecular formula is C21H19FN2O3S. The predicted molar refractivity (Wildman–Crippen MR) is 108 cm³/mol. The van der Waals surface area contributed by atoms with Gasteiger partial charge < -0.3 is 5.32 Å². The number of sulfonamides is 1. The Hall–Kier alpha value is -3.19. The van der Waals surface area contributed by atoms with Gasteiger partial charge in [0.05, 0.1) is 4.90 Å². The summed E-state index contributed by atoms with van der Waals surface area (Å²) in [6, 6.07) is 16.5. The van der Waals surface area contributed by atoms with Crippen LogP contribution in [0.4, 0.5) is 15.8 Å². The molecular weight excluding hydrogens is 379 g/mol. The Balaban J connectivity index is 1.84. The SMILES string of the molecule is Cc1cc(C)cc(NS(=O)(=O)c2cccc(C(=O)Nc3cccc(F)c3)c2)c1. The van der Waals surface area contributed by atoms with Gasteiger partial charge in [0, 0.05) is 16.9 Å². The number of hydrogen-bond donors (Lipinski definition) is 2. The summed E-state index contributed by atoms with van der Waals surface area (Å²) < 4.78 is 41.2. The molecule has 7 heteroatoms. The van der Waals surface area contributed by atoms with Crippen molar-refractivity contribution in [3.05, 3.63) is 89.2 Å². The van der Waals surface area contributed by atoms with Gasteiger partial charge in [-0.25, -0.2) is 12.8 Å². The third-order valence-corrected chi connectivity index (χ3v) is 5.34. The summed E-state index contributed by atoms with van der Waals surface area (Å²) >= 11 is 0. The zero-order chi connectivity index (χ0) is 20.3. The number of anilines is 2. The standard InChI is InChI=1S/C21H19FN2O3S/c1-14-9-15(2)11-19(10-14)24-28(26,27)20-8-3-5-16(12-20)21(25)23-18-7-4-6-17(22)13-18/h3-13,24H,1-2H3,(H,23,25). The van der Waals surface area contributed by atoms with E-state index in [1.165, 1.54) is 42.5 Å². The van der Waals surface area contributed by atoms with Crippen LogP contribution >= 0.6 is 0 Å². The highest BCUT2D eigenvalue weighted by molar-refractivity contribution is 7.92. The van der Waals surface area contributed by atoms with E-state index in [2.05, 4.69) is 10.0 Å². The maximum atomic E-state index is 13.3. The molecule has 2 N–H and O–H groups in total. The summed E-state index contributed by atoms with van der Waals surface area (Å²) in [4.78, 5) is 12.4. The smallest absolute Gasteiger partial charge is 0.261 e. The second kappa shape index (κ2) is 7.82. The first-order valence-corrected chi connectivity index (χ1v) is 9.99. The zero-order valence-corrected chi connectivity index (χ0v) is 16.2. The van der Waals surface area contributed by atoms with Crippen molar-refractivity contribution in [1.82, 2.24) is 0 Å². The molecule has 5 nitrogen and oxygen atoms in total. The fourth-order valence-electron chi connectivity index (χ4n) is 2.82. The number of amides is 1. The maximum Gasteiger partial charge on any atom is 0.261 e. The molecule has 28 heavy (non-hydrogen) atoms. The maximum absolute atomic E-state index is 13.3. The molecule has 3 aromatic rings. The summed E-state index contributed by atoms with van der Waals surface area (Å²) in [6.45, 7) is 3.75. The number of halogens is 1. The Morgan fingerprint density at radius 3 is 2.21 bits per heavy atom. The molecule has 0 aliphatic carbocycles. The van der Waals surface area contributed by atoms with Crippen molar-refractivity contribution >= 4 is 27.3 Å². The lowest BCUT2D eigenvalue weighted by molar-refractivity contribution is 0.102. The average Bonchev–Trinajstić information content (AvgIpc) is 2.60. The van der Waals surface area contributed by atoms with Gasteiger partial charge in [0.15, 0.2) is 0 Å². The average molecular weight is 398 g/mol. The second-order valence-corrected chi connectivity index (χ2v) is 8.16. The van der Waals surface area contributed by atoms with Crippen LogP contribution in [0.3, 0.4) is 0 Å². The van der Waals surface area contributed by atoms with E-state index in [1.807, 2.05) is 19.9 Å². The summed E-state index contributed by atoms with van der Waals surface area (Å²) in [5, 5.41) is 2.55. The quantitative estimate of drug-likeness (QED) is 0.665. The highest BCUT2D eigenvalue weighted by atomic mass is 32.2. The van der Waals surface area contributed by atoms with Crippen molar-refractivity contribution in [1.29, 1.82) is 0 Å². The largest absolute Gasteiger partial charge is 0.322 e. The van der Waals surface area contributed by atoms with Crippen molar-refractivity contribution in [2.24, 2.45) is 0 Å². The lowest BCUT2D eigenvalue weighted by Crippen LogP contribution is -2.16. The molecule has 144 valence electrons. The van der Waals surface area contributed by atoms with Gasteiger partial charge in [-0.05, 0) is 73.5 Å². The molecule has 0 saturated carbocycles. The van der Waals surface area contributed by atoms with E-state index >= 15 is 0 Å². The van der Waals surface area contributed by atoms with E-state index in [9.17, 15) is 17.6 Å². The van der Waals surface area contributed by atoms with Crippen molar-refractivity contribution in [3.63, 3.8) is 0 Å². The normalized spacial score (nSPS) is 11.1. The lowest BCUT2D eigenvalue weighted by Gasteiger charge is -2.11. The van der Waals surface area contributed by atoms with Gasteiger partial charge >= 0.3 is 0 Å². The Morgan fingerprint density at radius 1 is 0.857 bits per heavy atom. The van der Waals surface area contributed by atoms with E-state index in [4.69, 9.17) is 0 Å². The Bertz CT molecular complexity index is 1120. The molecule has 1 amide bonds. The van der Waals surface area contributed by atoms with Gasteiger partial charge in [0.1, 0.15) is 5.82 Å². The number of rotatable bonds is 5. The van der Waals surface area contributed by atoms with Crippen molar-refractivity contribution in [3.8, 4) is 0 Å². The second-order valence-electron chi connectivity index (χ2n) is 6.47. The molecule has 3 aromatic carbocycles. The fourth-order valence-corrected chi connectivity index (χ4v) is 3.91. The molecule has 0 heterocycles. The van der Waals surface area contributed by atoms with Crippen molar-refractivity contribution in [2.45, 2.75) is 18.7 Å². The number of aryl methyl sites for hydroxylation is 2. The zero-order valence-electron chi connectivity index (χ0n) is 15.4. The Labute approximate surface area is 163 Å². The molecule has 0 aliphatic heterocycles. The van der Waals surface area contributed by atoms with Crippen molar-refractivity contribution < 1.29 is 17.6 Å². The summed E-state index contributed by atoms with van der Waals surface area (Å²) in [5.41, 5.74) is 2.74. The molecule has 0 radical (unpaired) electrons. The minimum atomic E-state index is -3.87. The first-order chi connectivity index (χ1) is 13.2. The molecule has 0 unspecified atom stereocenters. The van der Waals surface area contributed by atoms with Crippen LogP contribution < -0.4 is 10.0 Å². The van der Waals surface area contributed by atoms with E-state index in [0.717, 1.165) is 11.1 Å². The van der Waals surface area contributed by atoms with Crippen LogP contribution in [0.25, 0.3) is 0 Å². The number of carbonyl (C=O) groups is 1. The summed E-state index contributed by atoms with van der Waals surface area (Å²) in [7, 11) is -3.87. The van der Waals surface area contributed by atoms with E-state index in [1.54, 1.807) is 18.2 Å². The molecule has 0 spiro atoms. The third kappa shape index (κ3) is 4.75. The van der Waals surface area contributed by atoms with E-state index in [0.29, 0.717) is 5.69 Å². The first-order valence-electron chi connectivity index (χ1n) is 8.51. The first kappa shape index (κ1) is 19.6.